The fourth-order valence-electron chi connectivity index (χ4n) is 1.70. The van der Waals surface area contributed by atoms with Crippen LogP contribution in [0.15, 0.2) is 24.3 Å². The van der Waals surface area contributed by atoms with Gasteiger partial charge >= 0.3 is 6.18 Å². The molecule has 0 fully saturated rings. The van der Waals surface area contributed by atoms with Gasteiger partial charge in [0.15, 0.2) is 0 Å². The van der Waals surface area contributed by atoms with E-state index in [0.717, 1.165) is 43.4 Å². The maximum Gasteiger partial charge on any atom is 0.416 e. The van der Waals surface area contributed by atoms with Gasteiger partial charge in [0.25, 0.3) is 0 Å². The summed E-state index contributed by atoms with van der Waals surface area (Å²) in [4.78, 5) is 0. The average molecular weight is 282 g/mol. The lowest BCUT2D eigenvalue weighted by Gasteiger charge is -2.13. The minimum Gasteiger partial charge on any atom is -0.324 e. The number of nitrogens with two attached hydrogens (primary N) is 1. The quantitative estimate of drug-likeness (QED) is 0.777. The molecule has 18 heavy (non-hydrogen) atoms. The Balaban J connectivity index is 0.00000289. The van der Waals surface area contributed by atoms with E-state index in [1.807, 2.05) is 0 Å². The van der Waals surface area contributed by atoms with Crippen molar-refractivity contribution in [1.82, 2.24) is 0 Å². The molecule has 0 spiro atoms. The van der Waals surface area contributed by atoms with Crippen molar-refractivity contribution in [2.24, 2.45) is 5.73 Å². The lowest BCUT2D eigenvalue weighted by atomic mass is 10.00. The summed E-state index contributed by atoms with van der Waals surface area (Å²) in [6.07, 6.45) is -0.225. The molecule has 1 rings (SSSR count). The number of hydrogen-bond acceptors (Lipinski definition) is 1. The van der Waals surface area contributed by atoms with Crippen LogP contribution in [-0.4, -0.2) is 0 Å². The van der Waals surface area contributed by atoms with E-state index in [-0.39, 0.29) is 18.4 Å². The molecule has 1 aromatic rings. The van der Waals surface area contributed by atoms with Crippen molar-refractivity contribution in [2.75, 3.05) is 0 Å². The minimum absolute atomic E-state index is 0. The zero-order valence-electron chi connectivity index (χ0n) is 10.3. The van der Waals surface area contributed by atoms with Crippen molar-refractivity contribution in [3.05, 3.63) is 35.4 Å². The van der Waals surface area contributed by atoms with E-state index in [4.69, 9.17) is 5.73 Å². The molecule has 0 saturated carbocycles. The molecule has 1 nitrogen and oxygen atoms in total. The highest BCUT2D eigenvalue weighted by atomic mass is 35.5. The van der Waals surface area contributed by atoms with Crippen molar-refractivity contribution in [3.63, 3.8) is 0 Å². The third-order valence-corrected chi connectivity index (χ3v) is 2.78. The van der Waals surface area contributed by atoms with Crippen LogP contribution in [0.2, 0.25) is 0 Å². The SMILES string of the molecule is CCCCC[C@@H](N)c1ccc(C(F)(F)F)cc1.Cl. The lowest BCUT2D eigenvalue weighted by molar-refractivity contribution is -0.137. The highest BCUT2D eigenvalue weighted by Gasteiger charge is 2.30. The van der Waals surface area contributed by atoms with Gasteiger partial charge in [-0.2, -0.15) is 13.2 Å². The van der Waals surface area contributed by atoms with Crippen LogP contribution in [-0.2, 0) is 6.18 Å². The van der Waals surface area contributed by atoms with Crippen molar-refractivity contribution >= 4 is 12.4 Å². The Morgan fingerprint density at radius 1 is 1.11 bits per heavy atom. The topological polar surface area (TPSA) is 26.0 Å². The van der Waals surface area contributed by atoms with Crippen molar-refractivity contribution in [2.45, 2.75) is 44.8 Å². The summed E-state index contributed by atoms with van der Waals surface area (Å²) in [6, 6.07) is 4.96. The number of halogens is 4. The van der Waals surface area contributed by atoms with Crippen LogP contribution >= 0.6 is 12.4 Å². The Morgan fingerprint density at radius 3 is 2.11 bits per heavy atom. The van der Waals surface area contributed by atoms with Crippen LogP contribution in [0.1, 0.15) is 49.8 Å². The summed E-state index contributed by atoms with van der Waals surface area (Å²) in [7, 11) is 0. The van der Waals surface area contributed by atoms with Gasteiger partial charge in [-0.05, 0) is 24.1 Å². The molecular weight excluding hydrogens is 263 g/mol. The number of benzene rings is 1. The molecule has 0 radical (unpaired) electrons. The van der Waals surface area contributed by atoms with E-state index in [2.05, 4.69) is 6.92 Å². The molecule has 0 aromatic heterocycles. The van der Waals surface area contributed by atoms with Crippen molar-refractivity contribution in [3.8, 4) is 0 Å². The van der Waals surface area contributed by atoms with E-state index in [1.165, 1.54) is 12.1 Å². The molecule has 0 aliphatic rings. The Morgan fingerprint density at radius 2 is 1.67 bits per heavy atom. The minimum atomic E-state index is -4.27. The van der Waals surface area contributed by atoms with Gasteiger partial charge in [0.05, 0.1) is 5.56 Å². The Labute approximate surface area is 112 Å². The second kappa shape index (κ2) is 7.64. The van der Waals surface area contributed by atoms with Gasteiger partial charge in [-0.15, -0.1) is 12.4 Å². The summed E-state index contributed by atoms with van der Waals surface area (Å²) in [6.45, 7) is 2.10. The lowest BCUT2D eigenvalue weighted by Crippen LogP contribution is -2.11. The molecule has 2 N–H and O–H groups in total. The van der Waals surface area contributed by atoms with Crippen LogP contribution in [0, 0.1) is 0 Å². The fourth-order valence-corrected chi connectivity index (χ4v) is 1.70. The first-order chi connectivity index (χ1) is 7.95. The Kier molecular flexibility index (Phi) is 7.33. The van der Waals surface area contributed by atoms with Gasteiger partial charge < -0.3 is 5.73 Å². The van der Waals surface area contributed by atoms with Gasteiger partial charge in [-0.1, -0.05) is 38.3 Å². The molecular formula is C13H19ClF3N. The number of alkyl halides is 3. The molecule has 0 aliphatic heterocycles. The molecule has 0 amide bonds. The predicted molar refractivity (Wildman–Crippen MR) is 69.8 cm³/mol. The van der Waals surface area contributed by atoms with Gasteiger partial charge in [0.1, 0.15) is 0 Å². The second-order valence-corrected chi connectivity index (χ2v) is 4.22. The zero-order valence-corrected chi connectivity index (χ0v) is 11.2. The summed E-state index contributed by atoms with van der Waals surface area (Å²) in [5.41, 5.74) is 6.06. The van der Waals surface area contributed by atoms with Crippen LogP contribution in [0.5, 0.6) is 0 Å². The highest BCUT2D eigenvalue weighted by Crippen LogP contribution is 2.30. The number of unbranched alkanes of at least 4 members (excludes halogenated alkanes) is 2. The van der Waals surface area contributed by atoms with E-state index >= 15 is 0 Å². The normalized spacial score (nSPS) is 12.9. The maximum absolute atomic E-state index is 12.3. The monoisotopic (exact) mass is 281 g/mol. The first-order valence-corrected chi connectivity index (χ1v) is 5.88. The number of rotatable bonds is 5. The predicted octanol–water partition coefficient (Wildman–Crippen LogP) is 4.71. The van der Waals surface area contributed by atoms with Crippen LogP contribution in [0.4, 0.5) is 13.2 Å². The molecule has 0 bridgehead atoms. The van der Waals surface area contributed by atoms with Gasteiger partial charge in [-0.3, -0.25) is 0 Å². The van der Waals surface area contributed by atoms with Crippen LogP contribution < -0.4 is 5.73 Å². The zero-order chi connectivity index (χ0) is 12.9. The molecule has 0 saturated heterocycles. The summed E-state index contributed by atoms with van der Waals surface area (Å²) in [5.74, 6) is 0. The summed E-state index contributed by atoms with van der Waals surface area (Å²) < 4.78 is 37.0. The van der Waals surface area contributed by atoms with E-state index in [9.17, 15) is 13.2 Å². The molecule has 1 atom stereocenters. The molecule has 0 aliphatic carbocycles. The first-order valence-electron chi connectivity index (χ1n) is 5.88. The number of hydrogen-bond donors (Lipinski definition) is 1. The maximum atomic E-state index is 12.3. The van der Waals surface area contributed by atoms with Gasteiger partial charge in [-0.25, -0.2) is 0 Å². The second-order valence-electron chi connectivity index (χ2n) is 4.22. The Hall–Kier alpha value is -0.740. The standard InChI is InChI=1S/C13H18F3N.ClH/c1-2-3-4-5-12(17)10-6-8-11(9-7-10)13(14,15)16;/h6-9,12H,2-5,17H2,1H3;1H/t12-;/m1./s1. The van der Waals surface area contributed by atoms with E-state index in [1.54, 1.807) is 0 Å². The third kappa shape index (κ3) is 5.27. The molecule has 104 valence electrons. The Bertz CT molecular complexity index is 335. The molecule has 0 unspecified atom stereocenters. The van der Waals surface area contributed by atoms with Crippen LogP contribution in [0.3, 0.4) is 0 Å². The van der Waals surface area contributed by atoms with E-state index < -0.39 is 11.7 Å². The molecule has 0 heterocycles. The molecule has 5 heteroatoms. The molecule has 1 aromatic carbocycles. The summed E-state index contributed by atoms with van der Waals surface area (Å²) >= 11 is 0. The van der Waals surface area contributed by atoms with Crippen molar-refractivity contribution < 1.29 is 13.2 Å². The van der Waals surface area contributed by atoms with Crippen LogP contribution in [0.25, 0.3) is 0 Å². The third-order valence-electron chi connectivity index (χ3n) is 2.78. The van der Waals surface area contributed by atoms with Gasteiger partial charge in [0, 0.05) is 6.04 Å². The smallest absolute Gasteiger partial charge is 0.324 e. The first kappa shape index (κ1) is 17.3. The van der Waals surface area contributed by atoms with E-state index in [0.29, 0.717) is 0 Å². The highest BCUT2D eigenvalue weighted by molar-refractivity contribution is 5.85. The fraction of sp³-hybridized carbons (Fsp3) is 0.538. The van der Waals surface area contributed by atoms with Crippen molar-refractivity contribution in [1.29, 1.82) is 0 Å². The van der Waals surface area contributed by atoms with Gasteiger partial charge in [0.2, 0.25) is 0 Å². The summed E-state index contributed by atoms with van der Waals surface area (Å²) in [5, 5.41) is 0. The average Bonchev–Trinajstić information content (AvgIpc) is 2.28. The largest absolute Gasteiger partial charge is 0.416 e.